The summed E-state index contributed by atoms with van der Waals surface area (Å²) in [6.45, 7) is 7.69. The van der Waals surface area contributed by atoms with Gasteiger partial charge in [0.2, 0.25) is 0 Å². The van der Waals surface area contributed by atoms with Crippen LogP contribution in [0.15, 0.2) is 17.1 Å². The number of nitrogens with zero attached hydrogens (tertiary/aromatic N) is 1. The fourth-order valence-electron chi connectivity index (χ4n) is 2.98. The molecule has 0 bridgehead atoms. The Balaban J connectivity index is 1.69. The van der Waals surface area contributed by atoms with Gasteiger partial charge in [-0.3, -0.25) is 4.99 Å². The van der Waals surface area contributed by atoms with Crippen molar-refractivity contribution in [1.82, 2.24) is 10.6 Å². The van der Waals surface area contributed by atoms with E-state index in [-0.39, 0.29) is 6.10 Å². The predicted octanol–water partition coefficient (Wildman–Crippen LogP) is 2.48. The number of hydrogen-bond donors (Lipinski definition) is 2. The first-order valence-corrected chi connectivity index (χ1v) is 8.53. The molecule has 126 valence electrons. The van der Waals surface area contributed by atoms with Gasteiger partial charge < -0.3 is 20.1 Å². The first kappa shape index (κ1) is 16.0. The van der Waals surface area contributed by atoms with Gasteiger partial charge in [-0.15, -0.1) is 0 Å². The SMILES string of the molecule is CCOc1cc2c(cc1CNC(=NC)NC1CC1C)OC(C)C2. The van der Waals surface area contributed by atoms with Crippen molar-refractivity contribution < 1.29 is 9.47 Å². The van der Waals surface area contributed by atoms with Gasteiger partial charge >= 0.3 is 0 Å². The number of nitrogens with one attached hydrogen (secondary N) is 2. The topological polar surface area (TPSA) is 54.9 Å². The molecule has 0 spiro atoms. The normalized spacial score (nSPS) is 25.6. The molecule has 3 atom stereocenters. The Bertz CT molecular complexity index is 600. The smallest absolute Gasteiger partial charge is 0.191 e. The minimum Gasteiger partial charge on any atom is -0.494 e. The van der Waals surface area contributed by atoms with E-state index in [0.29, 0.717) is 19.2 Å². The van der Waals surface area contributed by atoms with E-state index in [0.717, 1.165) is 35.4 Å². The summed E-state index contributed by atoms with van der Waals surface area (Å²) in [5.41, 5.74) is 2.34. The monoisotopic (exact) mass is 317 g/mol. The average molecular weight is 317 g/mol. The molecule has 5 nitrogen and oxygen atoms in total. The van der Waals surface area contributed by atoms with Crippen LogP contribution in [0.5, 0.6) is 11.5 Å². The molecule has 2 N–H and O–H groups in total. The van der Waals surface area contributed by atoms with E-state index in [2.05, 4.69) is 41.6 Å². The highest BCUT2D eigenvalue weighted by atomic mass is 16.5. The Morgan fingerprint density at radius 1 is 1.39 bits per heavy atom. The van der Waals surface area contributed by atoms with Crippen LogP contribution in [0, 0.1) is 5.92 Å². The number of benzene rings is 1. The number of aliphatic imine (C=N–C) groups is 1. The van der Waals surface area contributed by atoms with E-state index >= 15 is 0 Å². The van der Waals surface area contributed by atoms with Gasteiger partial charge in [-0.05, 0) is 38.3 Å². The third-order valence-electron chi connectivity index (χ3n) is 4.48. The lowest BCUT2D eigenvalue weighted by Gasteiger charge is -2.15. The lowest BCUT2D eigenvalue weighted by molar-refractivity contribution is 0.254. The first-order valence-electron chi connectivity index (χ1n) is 8.53. The second kappa shape index (κ2) is 6.69. The van der Waals surface area contributed by atoms with Crippen LogP contribution in [-0.2, 0) is 13.0 Å². The molecular formula is C18H27N3O2. The summed E-state index contributed by atoms with van der Waals surface area (Å²) >= 11 is 0. The summed E-state index contributed by atoms with van der Waals surface area (Å²) in [6, 6.07) is 4.78. The molecule has 1 saturated carbocycles. The van der Waals surface area contributed by atoms with Crippen molar-refractivity contribution in [2.75, 3.05) is 13.7 Å². The van der Waals surface area contributed by atoms with Crippen molar-refractivity contribution in [2.45, 2.75) is 52.3 Å². The zero-order chi connectivity index (χ0) is 16.4. The maximum Gasteiger partial charge on any atom is 0.191 e. The maximum absolute atomic E-state index is 5.87. The van der Waals surface area contributed by atoms with Crippen LogP contribution in [-0.4, -0.2) is 31.8 Å². The van der Waals surface area contributed by atoms with Crippen LogP contribution >= 0.6 is 0 Å². The molecular weight excluding hydrogens is 290 g/mol. The van der Waals surface area contributed by atoms with Crippen LogP contribution < -0.4 is 20.1 Å². The van der Waals surface area contributed by atoms with E-state index in [1.54, 1.807) is 7.05 Å². The molecule has 1 aromatic carbocycles. The van der Waals surface area contributed by atoms with Gasteiger partial charge in [0.15, 0.2) is 5.96 Å². The number of guanidine groups is 1. The summed E-state index contributed by atoms with van der Waals surface area (Å²) < 4.78 is 11.7. The third-order valence-corrected chi connectivity index (χ3v) is 4.48. The molecule has 1 aliphatic heterocycles. The number of rotatable bonds is 5. The van der Waals surface area contributed by atoms with Gasteiger partial charge in [-0.2, -0.15) is 0 Å². The maximum atomic E-state index is 5.87. The quantitative estimate of drug-likeness (QED) is 0.647. The molecule has 1 fully saturated rings. The molecule has 1 aromatic rings. The lowest BCUT2D eigenvalue weighted by Crippen LogP contribution is -2.38. The fourth-order valence-corrected chi connectivity index (χ4v) is 2.98. The molecule has 0 saturated heterocycles. The third kappa shape index (κ3) is 3.71. The van der Waals surface area contributed by atoms with Gasteiger partial charge in [-0.25, -0.2) is 0 Å². The van der Waals surface area contributed by atoms with Crippen LogP contribution in [0.3, 0.4) is 0 Å². The first-order chi connectivity index (χ1) is 11.1. The summed E-state index contributed by atoms with van der Waals surface area (Å²) in [6.07, 6.45) is 2.41. The van der Waals surface area contributed by atoms with E-state index in [1.165, 1.54) is 12.0 Å². The van der Waals surface area contributed by atoms with Gasteiger partial charge in [0, 0.05) is 37.2 Å². The number of fused-ring (bicyclic) bond motifs is 1. The Hall–Kier alpha value is -1.91. The molecule has 23 heavy (non-hydrogen) atoms. The molecule has 0 radical (unpaired) electrons. The molecule has 0 aromatic heterocycles. The summed E-state index contributed by atoms with van der Waals surface area (Å²) in [7, 11) is 1.80. The Morgan fingerprint density at radius 3 is 2.83 bits per heavy atom. The van der Waals surface area contributed by atoms with Crippen molar-refractivity contribution in [3.05, 3.63) is 23.3 Å². The van der Waals surface area contributed by atoms with Gasteiger partial charge in [0.25, 0.3) is 0 Å². The summed E-state index contributed by atoms with van der Waals surface area (Å²) in [5, 5.41) is 6.82. The molecule has 3 rings (SSSR count). The average Bonchev–Trinajstić information content (AvgIpc) is 3.08. The largest absolute Gasteiger partial charge is 0.494 e. The second-order valence-electron chi connectivity index (χ2n) is 6.52. The van der Waals surface area contributed by atoms with Gasteiger partial charge in [-0.1, -0.05) is 6.92 Å². The Labute approximate surface area is 138 Å². The highest BCUT2D eigenvalue weighted by Crippen LogP contribution is 2.35. The molecule has 1 aliphatic carbocycles. The molecule has 5 heteroatoms. The zero-order valence-corrected chi connectivity index (χ0v) is 14.5. The van der Waals surface area contributed by atoms with E-state index in [9.17, 15) is 0 Å². The zero-order valence-electron chi connectivity index (χ0n) is 14.5. The van der Waals surface area contributed by atoms with Crippen LogP contribution in [0.2, 0.25) is 0 Å². The van der Waals surface area contributed by atoms with Crippen molar-refractivity contribution in [3.8, 4) is 11.5 Å². The standard InChI is InChI=1S/C18H27N3O2/c1-5-22-16-8-13-7-12(3)23-17(13)9-14(16)10-20-18(19-4)21-15-6-11(15)2/h8-9,11-12,15H,5-7,10H2,1-4H3,(H2,19,20,21). The lowest BCUT2D eigenvalue weighted by atomic mass is 10.1. The Morgan fingerprint density at radius 2 is 2.17 bits per heavy atom. The predicted molar refractivity (Wildman–Crippen MR) is 92.3 cm³/mol. The summed E-state index contributed by atoms with van der Waals surface area (Å²) in [4.78, 5) is 4.30. The molecule has 3 unspecified atom stereocenters. The van der Waals surface area contributed by atoms with Crippen LogP contribution in [0.1, 0.15) is 38.3 Å². The van der Waals surface area contributed by atoms with Crippen LogP contribution in [0.4, 0.5) is 0 Å². The molecule has 0 amide bonds. The number of hydrogen-bond acceptors (Lipinski definition) is 3. The fraction of sp³-hybridized carbons (Fsp3) is 0.611. The van der Waals surface area contributed by atoms with E-state index in [4.69, 9.17) is 9.47 Å². The molecule has 2 aliphatic rings. The van der Waals surface area contributed by atoms with Gasteiger partial charge in [0.1, 0.15) is 17.6 Å². The summed E-state index contributed by atoms with van der Waals surface area (Å²) in [5.74, 6) is 3.50. The highest BCUT2D eigenvalue weighted by molar-refractivity contribution is 5.80. The minimum absolute atomic E-state index is 0.244. The van der Waals surface area contributed by atoms with Gasteiger partial charge in [0.05, 0.1) is 6.61 Å². The van der Waals surface area contributed by atoms with Crippen molar-refractivity contribution in [1.29, 1.82) is 0 Å². The van der Waals surface area contributed by atoms with E-state index < -0.39 is 0 Å². The number of ether oxygens (including phenoxy) is 2. The van der Waals surface area contributed by atoms with Crippen molar-refractivity contribution in [2.24, 2.45) is 10.9 Å². The second-order valence-corrected chi connectivity index (χ2v) is 6.52. The molecule has 1 heterocycles. The van der Waals surface area contributed by atoms with Crippen LogP contribution in [0.25, 0.3) is 0 Å². The van der Waals surface area contributed by atoms with E-state index in [1.807, 2.05) is 6.92 Å². The van der Waals surface area contributed by atoms with Crippen molar-refractivity contribution >= 4 is 5.96 Å². The van der Waals surface area contributed by atoms with Crippen molar-refractivity contribution in [3.63, 3.8) is 0 Å². The Kier molecular flexibility index (Phi) is 4.64. The highest BCUT2D eigenvalue weighted by Gasteiger charge is 2.33. The minimum atomic E-state index is 0.244.